The highest BCUT2D eigenvalue weighted by atomic mass is 28.4. The van der Waals surface area contributed by atoms with Crippen LogP contribution in [0.3, 0.4) is 0 Å². The van der Waals surface area contributed by atoms with E-state index in [0.717, 1.165) is 12.5 Å². The molecule has 0 bridgehead atoms. The van der Waals surface area contributed by atoms with Crippen LogP contribution in [0.4, 0.5) is 0 Å². The van der Waals surface area contributed by atoms with Crippen LogP contribution in [-0.4, -0.2) is 38.5 Å². The summed E-state index contributed by atoms with van der Waals surface area (Å²) in [6, 6.07) is 0. The summed E-state index contributed by atoms with van der Waals surface area (Å²) in [5.41, 5.74) is 2.58. The molecule has 0 radical (unpaired) electrons. The highest BCUT2D eigenvalue weighted by molar-refractivity contribution is 6.77. The zero-order valence-corrected chi connectivity index (χ0v) is 19.1. The molecule has 0 aromatic rings. The van der Waals surface area contributed by atoms with Gasteiger partial charge in [-0.15, -0.1) is 0 Å². The van der Waals surface area contributed by atoms with Crippen LogP contribution >= 0.6 is 0 Å². The van der Waals surface area contributed by atoms with Crippen LogP contribution in [0.5, 0.6) is 0 Å². The van der Waals surface area contributed by atoms with Crippen LogP contribution in [0.15, 0.2) is 0 Å². The fraction of sp³-hybridized carbons (Fsp3) is 1.00. The molecular weight excluding hydrogens is 310 g/mol. The summed E-state index contributed by atoms with van der Waals surface area (Å²) in [4.78, 5) is 2.72. The Balaban J connectivity index is 2.69. The van der Waals surface area contributed by atoms with Crippen molar-refractivity contribution in [3.05, 3.63) is 0 Å². The Morgan fingerprint density at radius 3 is 1.83 bits per heavy atom. The Morgan fingerprint density at radius 1 is 0.958 bits per heavy atom. The van der Waals surface area contributed by atoms with Crippen molar-refractivity contribution in [2.45, 2.75) is 110 Å². The third-order valence-electron chi connectivity index (χ3n) is 6.80. The Labute approximate surface area is 153 Å². The summed E-state index contributed by atoms with van der Waals surface area (Å²) < 4.78 is 6.80. The Hall–Kier alpha value is 0.137. The van der Waals surface area contributed by atoms with E-state index < -0.39 is 8.32 Å². The monoisotopic (exact) mass is 355 g/mol. The molecule has 0 amide bonds. The first-order valence-electron chi connectivity index (χ1n) is 10.6. The zero-order chi connectivity index (χ0) is 18.5. The summed E-state index contributed by atoms with van der Waals surface area (Å²) in [5.74, 6) is 0.857. The molecular formula is C21H45NOSi. The van der Waals surface area contributed by atoms with E-state index in [2.05, 4.69) is 67.2 Å². The van der Waals surface area contributed by atoms with Crippen LogP contribution < -0.4 is 0 Å². The molecule has 0 aromatic heterocycles. The maximum absolute atomic E-state index is 6.80. The first kappa shape index (κ1) is 22.2. The SMILES string of the molecule is CCC[C@]1(N(CC)CC)C[C@H]1CCO[Si](C(C)C)(C(C)C)C(C)C. The lowest BCUT2D eigenvalue weighted by Crippen LogP contribution is -2.48. The average Bonchev–Trinajstić information content (AvgIpc) is 3.17. The van der Waals surface area contributed by atoms with Gasteiger partial charge in [-0.3, -0.25) is 4.90 Å². The summed E-state index contributed by atoms with van der Waals surface area (Å²) in [7, 11) is -1.69. The molecule has 0 saturated heterocycles. The minimum Gasteiger partial charge on any atom is -0.416 e. The molecule has 0 N–H and O–H groups in total. The average molecular weight is 356 g/mol. The van der Waals surface area contributed by atoms with Crippen LogP contribution in [0.1, 0.15) is 88.0 Å². The van der Waals surface area contributed by atoms with E-state index in [1.54, 1.807) is 0 Å². The summed E-state index contributed by atoms with van der Waals surface area (Å²) in [6.07, 6.45) is 5.32. The van der Waals surface area contributed by atoms with Crippen molar-refractivity contribution < 1.29 is 4.43 Å². The smallest absolute Gasteiger partial charge is 0.200 e. The lowest BCUT2D eigenvalue weighted by molar-refractivity contribution is 0.158. The van der Waals surface area contributed by atoms with Gasteiger partial charge < -0.3 is 4.43 Å². The minimum atomic E-state index is -1.69. The van der Waals surface area contributed by atoms with Crippen LogP contribution in [0, 0.1) is 5.92 Å². The highest BCUT2D eigenvalue weighted by Crippen LogP contribution is 2.54. The van der Waals surface area contributed by atoms with Gasteiger partial charge in [0.1, 0.15) is 0 Å². The van der Waals surface area contributed by atoms with Crippen molar-refractivity contribution in [3.8, 4) is 0 Å². The fourth-order valence-electron chi connectivity index (χ4n) is 5.75. The summed E-state index contributed by atoms with van der Waals surface area (Å²) >= 11 is 0. The fourth-order valence-corrected chi connectivity index (χ4v) is 11.2. The molecule has 0 unspecified atom stereocenters. The molecule has 2 nitrogen and oxygen atoms in total. The van der Waals surface area contributed by atoms with Gasteiger partial charge in [0.05, 0.1) is 0 Å². The first-order chi connectivity index (χ1) is 11.2. The van der Waals surface area contributed by atoms with Gasteiger partial charge in [0.15, 0.2) is 8.32 Å². The Kier molecular flexibility index (Phi) is 8.49. The second kappa shape index (κ2) is 9.18. The van der Waals surface area contributed by atoms with E-state index in [1.165, 1.54) is 38.8 Å². The van der Waals surface area contributed by atoms with Gasteiger partial charge in [0.25, 0.3) is 0 Å². The molecule has 0 aromatic carbocycles. The van der Waals surface area contributed by atoms with Crippen molar-refractivity contribution in [1.29, 1.82) is 0 Å². The summed E-state index contributed by atoms with van der Waals surface area (Å²) in [5, 5.41) is 0. The van der Waals surface area contributed by atoms with E-state index in [0.29, 0.717) is 22.2 Å². The lowest BCUT2D eigenvalue weighted by atomic mass is 10.0. The predicted molar refractivity (Wildman–Crippen MR) is 110 cm³/mol. The topological polar surface area (TPSA) is 12.5 Å². The second-order valence-corrected chi connectivity index (χ2v) is 14.3. The third-order valence-corrected chi connectivity index (χ3v) is 12.9. The minimum absolute atomic E-state index is 0.499. The van der Waals surface area contributed by atoms with Gasteiger partial charge in [0, 0.05) is 12.1 Å². The van der Waals surface area contributed by atoms with Crippen molar-refractivity contribution in [1.82, 2.24) is 4.90 Å². The Bertz CT molecular complexity index is 343. The Morgan fingerprint density at radius 2 is 1.46 bits per heavy atom. The van der Waals surface area contributed by atoms with Crippen LogP contribution in [-0.2, 0) is 4.43 Å². The number of nitrogens with zero attached hydrogens (tertiary/aromatic N) is 1. The van der Waals surface area contributed by atoms with Crippen LogP contribution in [0.2, 0.25) is 16.6 Å². The summed E-state index contributed by atoms with van der Waals surface area (Å²) in [6.45, 7) is 24.7. The molecule has 24 heavy (non-hydrogen) atoms. The van der Waals surface area contributed by atoms with E-state index in [-0.39, 0.29) is 0 Å². The van der Waals surface area contributed by atoms with Gasteiger partial charge in [-0.2, -0.15) is 0 Å². The molecule has 1 aliphatic rings. The first-order valence-corrected chi connectivity index (χ1v) is 12.8. The van der Waals surface area contributed by atoms with Gasteiger partial charge in [-0.05, 0) is 54.9 Å². The standard InChI is InChI=1S/C21H45NOSi/c1-10-14-21(22(11-2)12-3)16-20(21)13-15-23-24(17(4)5,18(6)7)19(8)9/h17-20H,10-16H2,1-9H3/t20-,21+/m1/s1. The molecule has 0 aliphatic heterocycles. The van der Waals surface area contributed by atoms with Crippen molar-refractivity contribution in [2.24, 2.45) is 5.92 Å². The van der Waals surface area contributed by atoms with E-state index >= 15 is 0 Å². The molecule has 2 atom stereocenters. The van der Waals surface area contributed by atoms with E-state index in [1.807, 2.05) is 0 Å². The molecule has 1 fully saturated rings. The zero-order valence-electron chi connectivity index (χ0n) is 18.1. The second-order valence-electron chi connectivity index (χ2n) is 8.88. The maximum atomic E-state index is 6.80. The molecule has 1 saturated carbocycles. The van der Waals surface area contributed by atoms with Crippen molar-refractivity contribution in [3.63, 3.8) is 0 Å². The van der Waals surface area contributed by atoms with Crippen molar-refractivity contribution >= 4 is 8.32 Å². The number of hydrogen-bond acceptors (Lipinski definition) is 2. The number of hydrogen-bond donors (Lipinski definition) is 0. The largest absolute Gasteiger partial charge is 0.416 e. The van der Waals surface area contributed by atoms with Gasteiger partial charge >= 0.3 is 0 Å². The van der Waals surface area contributed by atoms with Crippen molar-refractivity contribution in [2.75, 3.05) is 19.7 Å². The van der Waals surface area contributed by atoms with Gasteiger partial charge in [-0.1, -0.05) is 68.7 Å². The lowest BCUT2D eigenvalue weighted by Gasteiger charge is -2.42. The normalized spacial score (nSPS) is 24.6. The molecule has 1 rings (SSSR count). The van der Waals surface area contributed by atoms with Gasteiger partial charge in [0.2, 0.25) is 0 Å². The molecule has 1 aliphatic carbocycles. The maximum Gasteiger partial charge on any atom is 0.200 e. The quantitative estimate of drug-likeness (QED) is 0.372. The number of rotatable bonds is 12. The van der Waals surface area contributed by atoms with E-state index in [4.69, 9.17) is 4.43 Å². The molecule has 0 spiro atoms. The van der Waals surface area contributed by atoms with Crippen LogP contribution in [0.25, 0.3) is 0 Å². The highest BCUT2D eigenvalue weighted by Gasteiger charge is 2.55. The third kappa shape index (κ3) is 4.27. The molecule has 144 valence electrons. The van der Waals surface area contributed by atoms with Gasteiger partial charge in [-0.25, -0.2) is 0 Å². The molecule has 3 heteroatoms. The predicted octanol–water partition coefficient (Wildman–Crippen LogP) is 6.47. The molecule has 0 heterocycles. The van der Waals surface area contributed by atoms with E-state index in [9.17, 15) is 0 Å².